The Balaban J connectivity index is 1.80. The average Bonchev–Trinajstić information content (AvgIpc) is 2.70. The van der Waals surface area contributed by atoms with Gasteiger partial charge in [-0.2, -0.15) is 0 Å². The summed E-state index contributed by atoms with van der Waals surface area (Å²) in [6.07, 6.45) is 2.75. The summed E-state index contributed by atoms with van der Waals surface area (Å²) in [5, 5.41) is 2.07. The number of fused-ring (bicyclic) bond motifs is 1. The van der Waals surface area contributed by atoms with Crippen molar-refractivity contribution in [2.24, 2.45) is 0 Å². The van der Waals surface area contributed by atoms with Gasteiger partial charge in [-0.15, -0.1) is 0 Å². The van der Waals surface area contributed by atoms with Crippen molar-refractivity contribution in [3.8, 4) is 0 Å². The molecule has 0 heterocycles. The van der Waals surface area contributed by atoms with Crippen molar-refractivity contribution in [3.63, 3.8) is 0 Å². The number of carbonyl (C=O) groups excluding carboxylic acids is 1. The fourth-order valence-corrected chi connectivity index (χ4v) is 3.78. The smallest absolute Gasteiger partial charge is 0.330 e. The summed E-state index contributed by atoms with van der Waals surface area (Å²) in [5.74, 6) is -0.502. The maximum atomic E-state index is 12.7. The molecule has 0 saturated heterocycles. The second kappa shape index (κ2) is 8.16. The molecule has 0 aliphatic carbocycles. The lowest BCUT2D eigenvalue weighted by Gasteiger charge is -2.10. The number of hydrogen-bond acceptors (Lipinski definition) is 4. The average molecular weight is 381 g/mol. The first kappa shape index (κ1) is 18.8. The van der Waals surface area contributed by atoms with Crippen LogP contribution in [0.4, 0.5) is 0 Å². The molecule has 0 saturated carbocycles. The Kier molecular flexibility index (Phi) is 5.69. The summed E-state index contributed by atoms with van der Waals surface area (Å²) in [6, 6.07) is 20.0. The van der Waals surface area contributed by atoms with E-state index in [1.54, 1.807) is 12.1 Å². The Bertz CT molecular complexity index is 1100. The zero-order chi connectivity index (χ0) is 19.3. The highest BCUT2D eigenvalue weighted by atomic mass is 32.2. The van der Waals surface area contributed by atoms with Crippen LogP contribution in [0.15, 0.2) is 77.7 Å². The molecule has 0 amide bonds. The van der Waals surface area contributed by atoms with E-state index in [0.29, 0.717) is 5.56 Å². The van der Waals surface area contributed by atoms with Gasteiger partial charge in [0, 0.05) is 12.6 Å². The van der Waals surface area contributed by atoms with Crippen molar-refractivity contribution < 1.29 is 17.9 Å². The maximum absolute atomic E-state index is 12.7. The van der Waals surface area contributed by atoms with Crippen LogP contribution < -0.4 is 4.72 Å². The molecular weight excluding hydrogens is 362 g/mol. The van der Waals surface area contributed by atoms with Crippen LogP contribution in [0.2, 0.25) is 0 Å². The lowest BCUT2D eigenvalue weighted by Crippen LogP contribution is -2.23. The van der Waals surface area contributed by atoms with Gasteiger partial charge in [0.25, 0.3) is 0 Å². The summed E-state index contributed by atoms with van der Waals surface area (Å²) >= 11 is 0. The normalized spacial score (nSPS) is 11.7. The van der Waals surface area contributed by atoms with Gasteiger partial charge in [-0.3, -0.25) is 0 Å². The zero-order valence-corrected chi connectivity index (χ0v) is 15.6. The minimum absolute atomic E-state index is 0.134. The number of nitrogens with one attached hydrogen (secondary N) is 1. The predicted octanol–water partition coefficient (Wildman–Crippen LogP) is 3.50. The standard InChI is InChI=1S/C21H19NO4S/c1-26-21(23)13-12-16-6-4-10-19(14-16)27(24,25)22-15-18-9-5-8-17-7-2-3-11-20(17)18/h2-14,22H,15H2,1H3. The summed E-state index contributed by atoms with van der Waals surface area (Å²) in [7, 11) is -2.41. The second-order valence-corrected chi connectivity index (χ2v) is 7.66. The number of methoxy groups -OCH3 is 1. The molecule has 0 aliphatic rings. The Morgan fingerprint density at radius 2 is 1.78 bits per heavy atom. The van der Waals surface area contributed by atoms with Crippen molar-refractivity contribution in [2.75, 3.05) is 7.11 Å². The Morgan fingerprint density at radius 1 is 1.04 bits per heavy atom. The van der Waals surface area contributed by atoms with Crippen molar-refractivity contribution >= 4 is 32.8 Å². The van der Waals surface area contributed by atoms with E-state index >= 15 is 0 Å². The fourth-order valence-electron chi connectivity index (χ4n) is 2.72. The van der Waals surface area contributed by atoms with Crippen molar-refractivity contribution in [1.82, 2.24) is 4.72 Å². The quantitative estimate of drug-likeness (QED) is 0.524. The van der Waals surface area contributed by atoms with Gasteiger partial charge in [-0.1, -0.05) is 54.6 Å². The number of carbonyl (C=O) groups is 1. The number of sulfonamides is 1. The molecule has 0 spiro atoms. The van der Waals surface area contributed by atoms with E-state index < -0.39 is 16.0 Å². The molecule has 138 valence electrons. The van der Waals surface area contributed by atoms with Gasteiger partial charge in [-0.05, 0) is 40.1 Å². The Hall–Kier alpha value is -2.96. The third-order valence-corrected chi connectivity index (χ3v) is 5.51. The van der Waals surface area contributed by atoms with Gasteiger partial charge in [0.15, 0.2) is 0 Å². The number of ether oxygens (including phenoxy) is 1. The molecule has 3 aromatic rings. The SMILES string of the molecule is COC(=O)C=Cc1cccc(S(=O)(=O)NCc2cccc3ccccc23)c1. The largest absolute Gasteiger partial charge is 0.466 e. The lowest BCUT2D eigenvalue weighted by atomic mass is 10.1. The first-order chi connectivity index (χ1) is 13.0. The number of rotatable bonds is 6. The number of esters is 1. The molecule has 0 unspecified atom stereocenters. The van der Waals surface area contributed by atoms with Crippen LogP contribution in [0.1, 0.15) is 11.1 Å². The lowest BCUT2D eigenvalue weighted by molar-refractivity contribution is -0.134. The van der Waals surface area contributed by atoms with Gasteiger partial charge in [-0.25, -0.2) is 17.9 Å². The fraction of sp³-hybridized carbons (Fsp3) is 0.0952. The zero-order valence-electron chi connectivity index (χ0n) is 14.8. The topological polar surface area (TPSA) is 72.5 Å². The van der Waals surface area contributed by atoms with E-state index in [1.165, 1.54) is 31.4 Å². The number of hydrogen-bond donors (Lipinski definition) is 1. The highest BCUT2D eigenvalue weighted by Crippen LogP contribution is 2.19. The summed E-state index contributed by atoms with van der Waals surface area (Å²) in [5.41, 5.74) is 1.49. The molecule has 27 heavy (non-hydrogen) atoms. The van der Waals surface area contributed by atoms with Crippen LogP contribution in [-0.2, 0) is 26.1 Å². The predicted molar refractivity (Wildman–Crippen MR) is 105 cm³/mol. The minimum atomic E-state index is -3.69. The van der Waals surface area contributed by atoms with Crippen molar-refractivity contribution in [2.45, 2.75) is 11.4 Å². The van der Waals surface area contributed by atoms with E-state index in [4.69, 9.17) is 0 Å². The van der Waals surface area contributed by atoms with E-state index in [2.05, 4.69) is 9.46 Å². The third kappa shape index (κ3) is 4.61. The van der Waals surface area contributed by atoms with Crippen LogP contribution in [-0.4, -0.2) is 21.5 Å². The molecule has 5 nitrogen and oxygen atoms in total. The molecule has 3 rings (SSSR count). The molecular formula is C21H19NO4S. The molecule has 0 aliphatic heterocycles. The minimum Gasteiger partial charge on any atom is -0.466 e. The van der Waals surface area contributed by atoms with E-state index in [9.17, 15) is 13.2 Å². The highest BCUT2D eigenvalue weighted by molar-refractivity contribution is 7.89. The summed E-state index contributed by atoms with van der Waals surface area (Å²) < 4.78 is 32.5. The Morgan fingerprint density at radius 3 is 2.59 bits per heavy atom. The molecule has 1 N–H and O–H groups in total. The summed E-state index contributed by atoms with van der Waals surface area (Å²) in [6.45, 7) is 0.186. The monoisotopic (exact) mass is 381 g/mol. The first-order valence-electron chi connectivity index (χ1n) is 8.32. The van der Waals surface area contributed by atoms with E-state index in [0.717, 1.165) is 16.3 Å². The molecule has 0 bridgehead atoms. The summed E-state index contributed by atoms with van der Waals surface area (Å²) in [4.78, 5) is 11.3. The van der Waals surface area contributed by atoms with Crippen LogP contribution in [0.3, 0.4) is 0 Å². The first-order valence-corrected chi connectivity index (χ1v) is 9.80. The van der Waals surface area contributed by atoms with Crippen LogP contribution >= 0.6 is 0 Å². The van der Waals surface area contributed by atoms with E-state index in [1.807, 2.05) is 42.5 Å². The van der Waals surface area contributed by atoms with Gasteiger partial charge in [0.2, 0.25) is 10.0 Å². The van der Waals surface area contributed by atoms with Crippen LogP contribution in [0, 0.1) is 0 Å². The highest BCUT2D eigenvalue weighted by Gasteiger charge is 2.14. The third-order valence-electron chi connectivity index (χ3n) is 4.11. The molecule has 0 radical (unpaired) electrons. The van der Waals surface area contributed by atoms with Crippen LogP contribution in [0.5, 0.6) is 0 Å². The number of benzene rings is 3. The van der Waals surface area contributed by atoms with Gasteiger partial charge < -0.3 is 4.74 Å². The molecule has 6 heteroatoms. The van der Waals surface area contributed by atoms with Gasteiger partial charge in [0.1, 0.15) is 0 Å². The maximum Gasteiger partial charge on any atom is 0.330 e. The van der Waals surface area contributed by atoms with Crippen LogP contribution in [0.25, 0.3) is 16.8 Å². The molecule has 0 fully saturated rings. The molecule has 0 aromatic heterocycles. The van der Waals surface area contributed by atoms with Gasteiger partial charge in [0.05, 0.1) is 12.0 Å². The molecule has 3 aromatic carbocycles. The van der Waals surface area contributed by atoms with E-state index in [-0.39, 0.29) is 11.4 Å². The molecule has 0 atom stereocenters. The Labute approximate surface area is 158 Å². The van der Waals surface area contributed by atoms with Gasteiger partial charge >= 0.3 is 5.97 Å². The second-order valence-electron chi connectivity index (χ2n) is 5.89. The van der Waals surface area contributed by atoms with Crippen molar-refractivity contribution in [1.29, 1.82) is 0 Å². The van der Waals surface area contributed by atoms with Crippen molar-refractivity contribution in [3.05, 3.63) is 83.9 Å².